The number of piperidine rings is 1. The number of rotatable bonds is 5. The lowest BCUT2D eigenvalue weighted by Crippen LogP contribution is -2.35. The van der Waals surface area contributed by atoms with Gasteiger partial charge in [0.1, 0.15) is 10.6 Å². The standard InChI is InChI=1S/C17H25N3O4S/c1-25(23,24)16-7-5-6-15(17(16)20(21)22)19-11-8-14(13-19)12-18-9-3-2-4-10-18/h5-7,14H,2-4,8-13H2,1H3. The van der Waals surface area contributed by atoms with Crippen LogP contribution in [0.5, 0.6) is 0 Å². The summed E-state index contributed by atoms with van der Waals surface area (Å²) in [5.74, 6) is 0.472. The Hall–Kier alpha value is -1.67. The van der Waals surface area contributed by atoms with E-state index in [9.17, 15) is 18.5 Å². The third-order valence-electron chi connectivity index (χ3n) is 5.15. The van der Waals surface area contributed by atoms with E-state index in [0.29, 0.717) is 11.6 Å². The zero-order valence-electron chi connectivity index (χ0n) is 14.6. The number of likely N-dealkylation sites (tertiary alicyclic amines) is 1. The lowest BCUT2D eigenvalue weighted by molar-refractivity contribution is -0.387. The Morgan fingerprint density at radius 3 is 2.56 bits per heavy atom. The first-order valence-electron chi connectivity index (χ1n) is 8.81. The zero-order chi connectivity index (χ0) is 18.0. The lowest BCUT2D eigenvalue weighted by Gasteiger charge is -2.29. The van der Waals surface area contributed by atoms with E-state index in [-0.39, 0.29) is 10.6 Å². The molecule has 2 heterocycles. The second-order valence-corrected chi connectivity index (χ2v) is 9.10. The molecule has 2 aliphatic heterocycles. The van der Waals surface area contributed by atoms with Crippen molar-refractivity contribution in [3.63, 3.8) is 0 Å². The van der Waals surface area contributed by atoms with Crippen LogP contribution in [0.3, 0.4) is 0 Å². The number of sulfone groups is 1. The molecule has 1 atom stereocenters. The molecule has 0 saturated carbocycles. The van der Waals surface area contributed by atoms with Gasteiger partial charge in [0.05, 0.1) is 4.92 Å². The first kappa shape index (κ1) is 18.1. The van der Waals surface area contributed by atoms with E-state index in [2.05, 4.69) is 4.90 Å². The number of nitrogens with zero attached hydrogens (tertiary/aromatic N) is 3. The van der Waals surface area contributed by atoms with E-state index in [1.165, 1.54) is 25.3 Å². The molecule has 2 saturated heterocycles. The van der Waals surface area contributed by atoms with Crippen LogP contribution in [0.15, 0.2) is 23.1 Å². The molecule has 0 N–H and O–H groups in total. The highest BCUT2D eigenvalue weighted by atomic mass is 32.2. The van der Waals surface area contributed by atoms with Crippen LogP contribution in [0.25, 0.3) is 0 Å². The van der Waals surface area contributed by atoms with Gasteiger partial charge in [-0.3, -0.25) is 10.1 Å². The van der Waals surface area contributed by atoms with Gasteiger partial charge in [-0.1, -0.05) is 12.5 Å². The summed E-state index contributed by atoms with van der Waals surface area (Å²) >= 11 is 0. The summed E-state index contributed by atoms with van der Waals surface area (Å²) < 4.78 is 23.8. The predicted molar refractivity (Wildman–Crippen MR) is 96.8 cm³/mol. The highest BCUT2D eigenvalue weighted by molar-refractivity contribution is 7.90. The Labute approximate surface area is 148 Å². The molecule has 7 nitrogen and oxygen atoms in total. The smallest absolute Gasteiger partial charge is 0.311 e. The molecule has 138 valence electrons. The molecule has 25 heavy (non-hydrogen) atoms. The van der Waals surface area contributed by atoms with Gasteiger partial charge in [-0.2, -0.15) is 0 Å². The first-order valence-corrected chi connectivity index (χ1v) is 10.7. The molecule has 3 rings (SSSR count). The first-order chi connectivity index (χ1) is 11.9. The van der Waals surface area contributed by atoms with Crippen molar-refractivity contribution in [2.45, 2.75) is 30.6 Å². The van der Waals surface area contributed by atoms with Gasteiger partial charge < -0.3 is 9.80 Å². The van der Waals surface area contributed by atoms with Crippen LogP contribution in [0, 0.1) is 16.0 Å². The zero-order valence-corrected chi connectivity index (χ0v) is 15.4. The van der Waals surface area contributed by atoms with Crippen molar-refractivity contribution in [3.8, 4) is 0 Å². The van der Waals surface area contributed by atoms with Crippen molar-refractivity contribution in [2.75, 3.05) is 43.9 Å². The van der Waals surface area contributed by atoms with Crippen LogP contribution < -0.4 is 4.90 Å². The molecular weight excluding hydrogens is 342 g/mol. The SMILES string of the molecule is CS(=O)(=O)c1cccc(N2CCC(CN3CCCCC3)C2)c1[N+](=O)[O-]. The summed E-state index contributed by atoms with van der Waals surface area (Å²) in [5, 5.41) is 11.6. The van der Waals surface area contributed by atoms with Gasteiger partial charge in [-0.15, -0.1) is 0 Å². The Bertz CT molecular complexity index is 744. The topological polar surface area (TPSA) is 83.8 Å². The van der Waals surface area contributed by atoms with E-state index in [1.807, 2.05) is 4.90 Å². The van der Waals surface area contributed by atoms with Gasteiger partial charge in [0.2, 0.25) is 0 Å². The molecule has 0 radical (unpaired) electrons. The Kier molecular flexibility index (Phi) is 5.29. The quantitative estimate of drug-likeness (QED) is 0.587. The minimum absolute atomic E-state index is 0.200. The molecule has 1 unspecified atom stereocenters. The van der Waals surface area contributed by atoms with Crippen LogP contribution >= 0.6 is 0 Å². The van der Waals surface area contributed by atoms with Crippen LogP contribution in [0.1, 0.15) is 25.7 Å². The summed E-state index contributed by atoms with van der Waals surface area (Å²) in [6.45, 7) is 4.77. The molecular formula is C17H25N3O4S. The third-order valence-corrected chi connectivity index (χ3v) is 6.28. The molecule has 0 aromatic heterocycles. The van der Waals surface area contributed by atoms with Crippen molar-refractivity contribution >= 4 is 21.2 Å². The van der Waals surface area contributed by atoms with Crippen molar-refractivity contribution < 1.29 is 13.3 Å². The summed E-state index contributed by atoms with van der Waals surface area (Å²) in [7, 11) is -3.64. The molecule has 1 aromatic rings. The van der Waals surface area contributed by atoms with Crippen LogP contribution in [0.4, 0.5) is 11.4 Å². The highest BCUT2D eigenvalue weighted by Gasteiger charge is 2.32. The van der Waals surface area contributed by atoms with Gasteiger partial charge >= 0.3 is 5.69 Å². The van der Waals surface area contributed by atoms with Crippen LogP contribution in [-0.2, 0) is 9.84 Å². The van der Waals surface area contributed by atoms with Crippen molar-refractivity contribution in [1.82, 2.24) is 4.90 Å². The lowest BCUT2D eigenvalue weighted by atomic mass is 10.1. The van der Waals surface area contributed by atoms with Crippen LogP contribution in [-0.4, -0.2) is 57.2 Å². The molecule has 0 bridgehead atoms. The molecule has 1 aromatic carbocycles. The summed E-state index contributed by atoms with van der Waals surface area (Å²) in [6, 6.07) is 4.57. The number of para-hydroxylation sites is 1. The molecule has 2 fully saturated rings. The monoisotopic (exact) mass is 367 g/mol. The van der Waals surface area contributed by atoms with E-state index >= 15 is 0 Å². The summed E-state index contributed by atoms with van der Waals surface area (Å²) in [6.07, 6.45) is 5.80. The highest BCUT2D eigenvalue weighted by Crippen LogP contribution is 2.37. The van der Waals surface area contributed by atoms with Crippen LogP contribution in [0.2, 0.25) is 0 Å². The number of anilines is 1. The number of hydrogen-bond acceptors (Lipinski definition) is 6. The number of hydrogen-bond donors (Lipinski definition) is 0. The molecule has 0 spiro atoms. The van der Waals surface area contributed by atoms with E-state index in [1.54, 1.807) is 12.1 Å². The second-order valence-electron chi connectivity index (χ2n) is 7.12. The molecule has 0 aliphatic carbocycles. The summed E-state index contributed by atoms with van der Waals surface area (Å²) in [5.41, 5.74) is 0.137. The van der Waals surface area contributed by atoms with E-state index in [4.69, 9.17) is 0 Å². The van der Waals surface area contributed by atoms with Crippen molar-refractivity contribution in [3.05, 3.63) is 28.3 Å². The Morgan fingerprint density at radius 1 is 1.20 bits per heavy atom. The molecule has 8 heteroatoms. The van der Waals surface area contributed by atoms with Gasteiger partial charge in [0, 0.05) is 25.9 Å². The van der Waals surface area contributed by atoms with Crippen molar-refractivity contribution in [2.24, 2.45) is 5.92 Å². The maximum absolute atomic E-state index is 11.9. The maximum atomic E-state index is 11.9. The third kappa shape index (κ3) is 4.12. The molecule has 0 amide bonds. The fourth-order valence-corrected chi connectivity index (χ4v) is 4.81. The van der Waals surface area contributed by atoms with Gasteiger partial charge in [-0.05, 0) is 50.4 Å². The van der Waals surface area contributed by atoms with E-state index in [0.717, 1.165) is 45.4 Å². The van der Waals surface area contributed by atoms with E-state index < -0.39 is 14.8 Å². The van der Waals surface area contributed by atoms with Gasteiger partial charge in [0.15, 0.2) is 9.84 Å². The maximum Gasteiger partial charge on any atom is 0.311 e. The molecule has 2 aliphatic rings. The minimum atomic E-state index is -3.64. The average molecular weight is 367 g/mol. The largest absolute Gasteiger partial charge is 0.366 e. The number of nitro groups is 1. The fourth-order valence-electron chi connectivity index (χ4n) is 3.96. The minimum Gasteiger partial charge on any atom is -0.366 e. The Balaban J connectivity index is 1.79. The summed E-state index contributed by atoms with van der Waals surface area (Å²) in [4.78, 5) is 15.2. The normalized spacial score (nSPS) is 22.3. The van der Waals surface area contributed by atoms with Gasteiger partial charge in [0.25, 0.3) is 0 Å². The number of nitro benzene ring substituents is 1. The fraction of sp³-hybridized carbons (Fsp3) is 0.647. The number of benzene rings is 1. The van der Waals surface area contributed by atoms with Gasteiger partial charge in [-0.25, -0.2) is 8.42 Å². The Morgan fingerprint density at radius 2 is 1.92 bits per heavy atom. The van der Waals surface area contributed by atoms with Crippen molar-refractivity contribution in [1.29, 1.82) is 0 Å². The average Bonchev–Trinajstić information content (AvgIpc) is 3.02. The second kappa shape index (κ2) is 7.29. The predicted octanol–water partition coefficient (Wildman–Crippen LogP) is 2.31.